The van der Waals surface area contributed by atoms with Crippen LogP contribution < -0.4 is 4.90 Å². The summed E-state index contributed by atoms with van der Waals surface area (Å²) in [5.41, 5.74) is 1.25. The van der Waals surface area contributed by atoms with Gasteiger partial charge >= 0.3 is 0 Å². The number of halogens is 1. The normalized spacial score (nSPS) is 17.9. The zero-order valence-electron chi connectivity index (χ0n) is 17.4. The SMILES string of the molecule is O=C(c1ccc(S(=O)(=O)N2CCCC2)cc1)N1CCN(c2nc3ccc(F)cc3s2)CC1. The van der Waals surface area contributed by atoms with E-state index in [1.807, 2.05) is 0 Å². The fourth-order valence-electron chi connectivity index (χ4n) is 4.15. The predicted octanol–water partition coefficient (Wildman–Crippen LogP) is 3.18. The number of benzene rings is 2. The quantitative estimate of drug-likeness (QED) is 0.581. The molecule has 0 spiro atoms. The Hall–Kier alpha value is -2.56. The van der Waals surface area contributed by atoms with E-state index in [0.717, 1.165) is 28.2 Å². The van der Waals surface area contributed by atoms with Crippen molar-refractivity contribution in [3.63, 3.8) is 0 Å². The fraction of sp³-hybridized carbons (Fsp3) is 0.364. The van der Waals surface area contributed by atoms with Crippen molar-refractivity contribution in [2.45, 2.75) is 17.7 Å². The standard InChI is InChI=1S/C22H23FN4O3S2/c23-17-5-8-19-20(15-17)31-22(24-19)26-13-11-25(12-14-26)21(28)16-3-6-18(7-4-16)32(29,30)27-9-1-2-10-27/h3-8,15H,1-2,9-14H2. The smallest absolute Gasteiger partial charge is 0.253 e. The van der Waals surface area contributed by atoms with Gasteiger partial charge in [0.2, 0.25) is 10.0 Å². The van der Waals surface area contributed by atoms with E-state index in [1.165, 1.54) is 39.9 Å². The lowest BCUT2D eigenvalue weighted by Crippen LogP contribution is -2.48. The molecule has 168 valence electrons. The van der Waals surface area contributed by atoms with Crippen molar-refractivity contribution < 1.29 is 17.6 Å². The molecule has 10 heteroatoms. The Morgan fingerprint density at radius 3 is 2.31 bits per heavy atom. The lowest BCUT2D eigenvalue weighted by atomic mass is 10.2. The lowest BCUT2D eigenvalue weighted by molar-refractivity contribution is 0.0746. The first-order valence-corrected chi connectivity index (χ1v) is 12.9. The monoisotopic (exact) mass is 474 g/mol. The van der Waals surface area contributed by atoms with Gasteiger partial charge in [-0.3, -0.25) is 4.79 Å². The molecule has 2 aromatic carbocycles. The maximum absolute atomic E-state index is 13.4. The summed E-state index contributed by atoms with van der Waals surface area (Å²) in [5.74, 6) is -0.386. The Morgan fingerprint density at radius 2 is 1.62 bits per heavy atom. The van der Waals surface area contributed by atoms with Gasteiger partial charge in [-0.05, 0) is 55.3 Å². The molecule has 1 aromatic heterocycles. The van der Waals surface area contributed by atoms with Crippen LogP contribution in [0.4, 0.5) is 9.52 Å². The van der Waals surface area contributed by atoms with Gasteiger partial charge in [0.25, 0.3) is 5.91 Å². The van der Waals surface area contributed by atoms with Crippen molar-refractivity contribution in [2.75, 3.05) is 44.2 Å². The van der Waals surface area contributed by atoms with Crippen LogP contribution in [0.15, 0.2) is 47.4 Å². The summed E-state index contributed by atoms with van der Waals surface area (Å²) in [6.45, 7) is 3.45. The number of hydrogen-bond donors (Lipinski definition) is 0. The van der Waals surface area contributed by atoms with Crippen LogP contribution in [0.5, 0.6) is 0 Å². The maximum Gasteiger partial charge on any atom is 0.253 e. The van der Waals surface area contributed by atoms with Gasteiger partial charge in [0.1, 0.15) is 5.82 Å². The summed E-state index contributed by atoms with van der Waals surface area (Å²) in [4.78, 5) is 21.6. The van der Waals surface area contributed by atoms with Crippen LogP contribution in [0.3, 0.4) is 0 Å². The average Bonchev–Trinajstić information content (AvgIpc) is 3.49. The van der Waals surface area contributed by atoms with Crippen molar-refractivity contribution in [1.29, 1.82) is 0 Å². The molecule has 0 aliphatic carbocycles. The first-order valence-electron chi connectivity index (χ1n) is 10.6. The van der Waals surface area contributed by atoms with E-state index in [0.29, 0.717) is 44.8 Å². The molecule has 32 heavy (non-hydrogen) atoms. The topological polar surface area (TPSA) is 73.8 Å². The highest BCUT2D eigenvalue weighted by molar-refractivity contribution is 7.89. The predicted molar refractivity (Wildman–Crippen MR) is 122 cm³/mol. The molecule has 2 aliphatic rings. The van der Waals surface area contributed by atoms with Crippen molar-refractivity contribution >= 4 is 42.6 Å². The minimum atomic E-state index is -3.49. The molecule has 0 unspecified atom stereocenters. The third-order valence-electron chi connectivity index (χ3n) is 5.98. The van der Waals surface area contributed by atoms with E-state index >= 15 is 0 Å². The van der Waals surface area contributed by atoms with Crippen LogP contribution in [0.2, 0.25) is 0 Å². The first-order chi connectivity index (χ1) is 15.4. The number of rotatable bonds is 4. The minimum Gasteiger partial charge on any atom is -0.345 e. The van der Waals surface area contributed by atoms with Gasteiger partial charge in [0.05, 0.1) is 15.1 Å². The van der Waals surface area contributed by atoms with Crippen LogP contribution in [-0.4, -0.2) is 67.8 Å². The van der Waals surface area contributed by atoms with Crippen LogP contribution in [-0.2, 0) is 10.0 Å². The summed E-state index contributed by atoms with van der Waals surface area (Å²) in [7, 11) is -3.49. The summed E-state index contributed by atoms with van der Waals surface area (Å²) >= 11 is 1.45. The molecule has 3 heterocycles. The van der Waals surface area contributed by atoms with Gasteiger partial charge in [-0.2, -0.15) is 4.31 Å². The largest absolute Gasteiger partial charge is 0.345 e. The molecule has 0 bridgehead atoms. The second kappa shape index (κ2) is 8.42. The highest BCUT2D eigenvalue weighted by Crippen LogP contribution is 2.30. The second-order valence-corrected chi connectivity index (χ2v) is 11.0. The average molecular weight is 475 g/mol. The number of piperazine rings is 1. The highest BCUT2D eigenvalue weighted by atomic mass is 32.2. The van der Waals surface area contributed by atoms with Gasteiger partial charge < -0.3 is 9.80 Å². The molecule has 0 saturated carbocycles. The Bertz CT molecular complexity index is 1250. The molecule has 2 fully saturated rings. The molecule has 7 nitrogen and oxygen atoms in total. The number of thiazole rings is 1. The van der Waals surface area contributed by atoms with E-state index in [9.17, 15) is 17.6 Å². The Kier molecular flexibility index (Phi) is 5.60. The molecule has 0 atom stereocenters. The van der Waals surface area contributed by atoms with Crippen molar-refractivity contribution in [3.05, 3.63) is 53.8 Å². The van der Waals surface area contributed by atoms with Crippen LogP contribution >= 0.6 is 11.3 Å². The molecule has 3 aromatic rings. The van der Waals surface area contributed by atoms with Crippen molar-refractivity contribution in [2.24, 2.45) is 0 Å². The number of aromatic nitrogens is 1. The van der Waals surface area contributed by atoms with Gasteiger partial charge in [-0.1, -0.05) is 11.3 Å². The van der Waals surface area contributed by atoms with Gasteiger partial charge in [0, 0.05) is 44.8 Å². The molecule has 0 N–H and O–H groups in total. The van der Waals surface area contributed by atoms with Crippen LogP contribution in [0.1, 0.15) is 23.2 Å². The first kappa shape index (κ1) is 21.3. The summed E-state index contributed by atoms with van der Waals surface area (Å²) in [6.07, 6.45) is 1.77. The second-order valence-electron chi connectivity index (χ2n) is 8.02. The Morgan fingerprint density at radius 1 is 0.938 bits per heavy atom. The summed E-state index contributed by atoms with van der Waals surface area (Å²) < 4.78 is 41.1. The lowest BCUT2D eigenvalue weighted by Gasteiger charge is -2.34. The number of sulfonamides is 1. The number of anilines is 1. The van der Waals surface area contributed by atoms with Gasteiger partial charge in [-0.25, -0.2) is 17.8 Å². The maximum atomic E-state index is 13.4. The highest BCUT2D eigenvalue weighted by Gasteiger charge is 2.28. The van der Waals surface area contributed by atoms with Gasteiger partial charge in [0.15, 0.2) is 5.13 Å². The number of amides is 1. The zero-order valence-corrected chi connectivity index (χ0v) is 19.0. The number of fused-ring (bicyclic) bond motifs is 1. The van der Waals surface area contributed by atoms with Crippen molar-refractivity contribution in [3.8, 4) is 0 Å². The van der Waals surface area contributed by atoms with Gasteiger partial charge in [-0.15, -0.1) is 0 Å². The van der Waals surface area contributed by atoms with Crippen LogP contribution in [0.25, 0.3) is 10.2 Å². The van der Waals surface area contributed by atoms with E-state index < -0.39 is 10.0 Å². The molecule has 2 aliphatic heterocycles. The number of nitrogens with zero attached hydrogens (tertiary/aromatic N) is 4. The molecule has 5 rings (SSSR count). The number of carbonyl (C=O) groups excluding carboxylic acids is 1. The number of hydrogen-bond acceptors (Lipinski definition) is 6. The molecule has 0 radical (unpaired) electrons. The number of carbonyl (C=O) groups is 1. The summed E-state index contributed by atoms with van der Waals surface area (Å²) in [5, 5.41) is 0.828. The molecule has 2 saturated heterocycles. The molecular weight excluding hydrogens is 451 g/mol. The Balaban J connectivity index is 1.24. The van der Waals surface area contributed by atoms with Crippen LogP contribution in [0, 0.1) is 5.82 Å². The molecular formula is C22H23FN4O3S2. The summed E-state index contributed by atoms with van der Waals surface area (Å²) in [6, 6.07) is 10.8. The van der Waals surface area contributed by atoms with Crippen molar-refractivity contribution in [1.82, 2.24) is 14.2 Å². The third-order valence-corrected chi connectivity index (χ3v) is 8.97. The van der Waals surface area contributed by atoms with E-state index in [4.69, 9.17) is 0 Å². The molecule has 1 amide bonds. The van der Waals surface area contributed by atoms with E-state index in [2.05, 4.69) is 9.88 Å². The fourth-order valence-corrected chi connectivity index (χ4v) is 6.71. The third kappa shape index (κ3) is 3.98. The minimum absolute atomic E-state index is 0.110. The zero-order chi connectivity index (χ0) is 22.3. The Labute approximate surface area is 190 Å². The van der Waals surface area contributed by atoms with E-state index in [1.54, 1.807) is 23.1 Å². The van der Waals surface area contributed by atoms with E-state index in [-0.39, 0.29) is 16.6 Å².